The number of thiophene rings is 2. The molecular formula is C27H26ClFO5S2. The average molecular weight is 549 g/mol. The molecule has 0 amide bonds. The van der Waals surface area contributed by atoms with Gasteiger partial charge in [0.05, 0.1) is 34.7 Å². The Morgan fingerprint density at radius 1 is 0.889 bits per heavy atom. The van der Waals surface area contributed by atoms with Crippen LogP contribution in [0.1, 0.15) is 58.9 Å². The first kappa shape index (κ1) is 26.4. The molecule has 0 aliphatic heterocycles. The molecule has 0 N–H and O–H groups in total. The summed E-state index contributed by atoms with van der Waals surface area (Å²) in [6, 6.07) is 7.84. The summed E-state index contributed by atoms with van der Waals surface area (Å²) in [5.74, 6) is -0.970. The molecule has 0 atom stereocenters. The Labute approximate surface area is 221 Å². The monoisotopic (exact) mass is 548 g/mol. The number of unbranched alkanes of at least 4 members (excludes halogenated alkanes) is 2. The lowest BCUT2D eigenvalue weighted by molar-refractivity contribution is 0.0496. The molecular weight excluding hydrogens is 523 g/mol. The maximum absolute atomic E-state index is 14.3. The lowest BCUT2D eigenvalue weighted by atomic mass is 10.00. The normalized spacial score (nSPS) is 11.2. The minimum Gasteiger partial charge on any atom is -0.496 e. The van der Waals surface area contributed by atoms with Crippen LogP contribution in [0.15, 0.2) is 30.3 Å². The number of esters is 2. The van der Waals surface area contributed by atoms with Crippen LogP contribution in [-0.2, 0) is 9.47 Å². The molecule has 0 fully saturated rings. The Balaban J connectivity index is 1.92. The van der Waals surface area contributed by atoms with Crippen LogP contribution in [0.2, 0.25) is 5.02 Å². The van der Waals surface area contributed by atoms with Crippen LogP contribution in [-0.4, -0.2) is 32.3 Å². The van der Waals surface area contributed by atoms with Crippen molar-refractivity contribution >= 4 is 66.4 Å². The Kier molecular flexibility index (Phi) is 8.49. The molecule has 0 aliphatic carbocycles. The Bertz CT molecular complexity index is 1430. The van der Waals surface area contributed by atoms with E-state index in [2.05, 4.69) is 0 Å². The quantitative estimate of drug-likeness (QED) is 0.147. The summed E-state index contributed by atoms with van der Waals surface area (Å²) < 4.78 is 32.3. The van der Waals surface area contributed by atoms with Gasteiger partial charge in [0, 0.05) is 21.9 Å². The first-order valence-corrected chi connectivity index (χ1v) is 13.8. The molecule has 0 saturated carbocycles. The molecule has 0 radical (unpaired) electrons. The van der Waals surface area contributed by atoms with Crippen molar-refractivity contribution in [3.8, 4) is 16.9 Å². The fourth-order valence-corrected chi connectivity index (χ4v) is 6.68. The molecule has 0 aliphatic rings. The number of methoxy groups -OCH3 is 1. The highest BCUT2D eigenvalue weighted by Crippen LogP contribution is 2.48. The lowest BCUT2D eigenvalue weighted by Crippen LogP contribution is -2.06. The van der Waals surface area contributed by atoms with Crippen molar-refractivity contribution in [3.63, 3.8) is 0 Å². The zero-order valence-corrected chi connectivity index (χ0v) is 22.6. The van der Waals surface area contributed by atoms with Crippen molar-refractivity contribution in [2.45, 2.75) is 39.5 Å². The van der Waals surface area contributed by atoms with Gasteiger partial charge >= 0.3 is 11.9 Å². The van der Waals surface area contributed by atoms with E-state index in [-0.39, 0.29) is 6.61 Å². The summed E-state index contributed by atoms with van der Waals surface area (Å²) in [5, 5.41) is 1.74. The van der Waals surface area contributed by atoms with E-state index in [1.165, 1.54) is 48.0 Å². The zero-order chi connectivity index (χ0) is 25.8. The third kappa shape index (κ3) is 5.08. The van der Waals surface area contributed by atoms with E-state index < -0.39 is 17.8 Å². The average Bonchev–Trinajstić information content (AvgIpc) is 3.42. The maximum atomic E-state index is 14.3. The summed E-state index contributed by atoms with van der Waals surface area (Å²) in [6.07, 6.45) is 3.30. The van der Waals surface area contributed by atoms with Crippen LogP contribution in [0.3, 0.4) is 0 Å². The van der Waals surface area contributed by atoms with E-state index >= 15 is 0 Å². The molecule has 2 aromatic carbocycles. The van der Waals surface area contributed by atoms with Gasteiger partial charge in [-0.3, -0.25) is 0 Å². The number of benzene rings is 2. The van der Waals surface area contributed by atoms with Crippen molar-refractivity contribution in [2.75, 3.05) is 20.3 Å². The zero-order valence-electron chi connectivity index (χ0n) is 20.2. The van der Waals surface area contributed by atoms with E-state index in [9.17, 15) is 14.0 Å². The van der Waals surface area contributed by atoms with Crippen molar-refractivity contribution < 1.29 is 28.2 Å². The fourth-order valence-electron chi connectivity index (χ4n) is 3.85. The SMILES string of the molecule is CCCCOC(=O)c1sc2c(ccc3c(-c4cc(F)ccc4OC)c(C(=O)OCCCC)sc32)c1Cl. The summed E-state index contributed by atoms with van der Waals surface area (Å²) in [4.78, 5) is 26.5. The van der Waals surface area contributed by atoms with Crippen LogP contribution >= 0.6 is 34.3 Å². The first-order valence-electron chi connectivity index (χ1n) is 11.8. The maximum Gasteiger partial charge on any atom is 0.349 e. The number of carbonyl (C=O) groups is 2. The summed E-state index contributed by atoms with van der Waals surface area (Å²) >= 11 is 9.07. The highest BCUT2D eigenvalue weighted by molar-refractivity contribution is 7.29. The number of hydrogen-bond acceptors (Lipinski definition) is 7. The number of rotatable bonds is 10. The van der Waals surface area contributed by atoms with Crippen LogP contribution in [0, 0.1) is 5.82 Å². The van der Waals surface area contributed by atoms with Gasteiger partial charge in [-0.2, -0.15) is 0 Å². The van der Waals surface area contributed by atoms with E-state index in [0.717, 1.165) is 40.5 Å². The molecule has 36 heavy (non-hydrogen) atoms. The van der Waals surface area contributed by atoms with Gasteiger partial charge < -0.3 is 14.2 Å². The fraction of sp³-hybridized carbons (Fsp3) is 0.333. The van der Waals surface area contributed by atoms with Crippen molar-refractivity contribution in [3.05, 3.63) is 50.9 Å². The number of hydrogen-bond donors (Lipinski definition) is 0. The van der Waals surface area contributed by atoms with Gasteiger partial charge in [-0.05, 0) is 31.0 Å². The third-order valence-electron chi connectivity index (χ3n) is 5.72. The number of fused-ring (bicyclic) bond motifs is 3. The standard InChI is InChI=1S/C27H26ClFO5S2/c1-4-6-12-33-26(30)24-20(18-14-15(29)8-11-19(18)32-3)16-9-10-17-21(28)25(27(31)34-13-7-5-2)36-23(17)22(16)35-24/h8-11,14H,4-7,12-13H2,1-3H3. The molecule has 0 unspecified atom stereocenters. The van der Waals surface area contributed by atoms with E-state index in [1.807, 2.05) is 26.0 Å². The third-order valence-corrected chi connectivity index (χ3v) is 8.76. The summed E-state index contributed by atoms with van der Waals surface area (Å²) in [7, 11) is 1.50. The van der Waals surface area contributed by atoms with Gasteiger partial charge in [0.25, 0.3) is 0 Å². The van der Waals surface area contributed by atoms with Gasteiger partial charge in [-0.15, -0.1) is 22.7 Å². The van der Waals surface area contributed by atoms with Gasteiger partial charge in [-0.25, -0.2) is 14.0 Å². The van der Waals surface area contributed by atoms with Gasteiger partial charge in [0.2, 0.25) is 0 Å². The van der Waals surface area contributed by atoms with Crippen LogP contribution in [0.4, 0.5) is 4.39 Å². The Morgan fingerprint density at radius 2 is 1.47 bits per heavy atom. The predicted octanol–water partition coefficient (Wildman–Crippen LogP) is 8.50. The minimum absolute atomic E-state index is 0.289. The second-order valence-electron chi connectivity index (χ2n) is 8.19. The molecule has 0 bridgehead atoms. The highest BCUT2D eigenvalue weighted by atomic mass is 35.5. The van der Waals surface area contributed by atoms with Gasteiger partial charge in [0.1, 0.15) is 21.3 Å². The lowest BCUT2D eigenvalue weighted by Gasteiger charge is -2.11. The summed E-state index contributed by atoms with van der Waals surface area (Å²) in [5.41, 5.74) is 0.985. The van der Waals surface area contributed by atoms with Gasteiger partial charge in [0.15, 0.2) is 0 Å². The number of ether oxygens (including phenoxy) is 3. The predicted molar refractivity (Wildman–Crippen MR) is 145 cm³/mol. The minimum atomic E-state index is -0.485. The molecule has 5 nitrogen and oxygen atoms in total. The van der Waals surface area contributed by atoms with E-state index in [0.29, 0.717) is 43.6 Å². The number of carbonyl (C=O) groups excluding carboxylic acids is 2. The largest absolute Gasteiger partial charge is 0.496 e. The Morgan fingerprint density at radius 3 is 2.11 bits per heavy atom. The smallest absolute Gasteiger partial charge is 0.349 e. The van der Waals surface area contributed by atoms with Crippen LogP contribution < -0.4 is 4.74 Å². The van der Waals surface area contributed by atoms with Gasteiger partial charge in [-0.1, -0.05) is 50.4 Å². The molecule has 0 saturated heterocycles. The molecule has 0 spiro atoms. The number of halogens is 2. The van der Waals surface area contributed by atoms with Crippen molar-refractivity contribution in [1.82, 2.24) is 0 Å². The molecule has 4 aromatic rings. The second kappa shape index (κ2) is 11.6. The van der Waals surface area contributed by atoms with Crippen LogP contribution in [0.25, 0.3) is 31.3 Å². The molecule has 4 rings (SSSR count). The van der Waals surface area contributed by atoms with Crippen LogP contribution in [0.5, 0.6) is 5.75 Å². The summed E-state index contributed by atoms with van der Waals surface area (Å²) in [6.45, 7) is 4.64. The Hall–Kier alpha value is -2.68. The molecule has 2 aromatic heterocycles. The topological polar surface area (TPSA) is 61.8 Å². The highest BCUT2D eigenvalue weighted by Gasteiger charge is 2.27. The molecule has 190 valence electrons. The molecule has 9 heteroatoms. The van der Waals surface area contributed by atoms with E-state index in [1.54, 1.807) is 0 Å². The van der Waals surface area contributed by atoms with E-state index in [4.69, 9.17) is 25.8 Å². The van der Waals surface area contributed by atoms with Crippen molar-refractivity contribution in [2.24, 2.45) is 0 Å². The second-order valence-corrected chi connectivity index (χ2v) is 10.6. The molecule has 2 heterocycles. The first-order chi connectivity index (χ1) is 17.4. The van der Waals surface area contributed by atoms with Crippen molar-refractivity contribution in [1.29, 1.82) is 0 Å².